The van der Waals surface area contributed by atoms with E-state index in [0.717, 1.165) is 43.4 Å². The summed E-state index contributed by atoms with van der Waals surface area (Å²) in [7, 11) is 1.70. The molecule has 1 N–H and O–H groups in total. The molecule has 3 unspecified atom stereocenters. The normalized spacial score (nSPS) is 27.2. The predicted octanol–water partition coefficient (Wildman–Crippen LogP) is 3.92. The zero-order chi connectivity index (χ0) is 16.8. The van der Waals surface area contributed by atoms with E-state index in [1.807, 2.05) is 12.1 Å². The van der Waals surface area contributed by atoms with Crippen LogP contribution in [0.1, 0.15) is 51.0 Å². The molecular formula is C20H31NO3. The Bertz CT molecular complexity index is 514. The molecule has 2 aliphatic rings. The molecule has 0 bridgehead atoms. The summed E-state index contributed by atoms with van der Waals surface area (Å²) in [6, 6.07) is 6.76. The monoisotopic (exact) mass is 333 g/mol. The highest BCUT2D eigenvalue weighted by atomic mass is 16.5. The van der Waals surface area contributed by atoms with Crippen LogP contribution in [-0.4, -0.2) is 32.5 Å². The minimum absolute atomic E-state index is 0.218. The minimum Gasteiger partial charge on any atom is -0.493 e. The van der Waals surface area contributed by atoms with Gasteiger partial charge in [-0.25, -0.2) is 0 Å². The maximum atomic E-state index is 6.11. The van der Waals surface area contributed by atoms with Crippen molar-refractivity contribution in [2.24, 2.45) is 5.92 Å². The third kappa shape index (κ3) is 4.64. The van der Waals surface area contributed by atoms with E-state index in [4.69, 9.17) is 14.2 Å². The lowest BCUT2D eigenvalue weighted by atomic mass is 9.87. The first-order chi connectivity index (χ1) is 11.8. The molecule has 3 atom stereocenters. The highest BCUT2D eigenvalue weighted by Gasteiger charge is 2.21. The van der Waals surface area contributed by atoms with Crippen LogP contribution in [0.5, 0.6) is 11.5 Å². The largest absolute Gasteiger partial charge is 0.493 e. The molecule has 1 aromatic carbocycles. The molecule has 134 valence electrons. The van der Waals surface area contributed by atoms with Crippen LogP contribution in [0.4, 0.5) is 0 Å². The fourth-order valence-corrected chi connectivity index (χ4v) is 3.85. The maximum Gasteiger partial charge on any atom is 0.165 e. The Kier molecular flexibility index (Phi) is 6.38. The van der Waals surface area contributed by atoms with Gasteiger partial charge in [0.25, 0.3) is 0 Å². The van der Waals surface area contributed by atoms with Gasteiger partial charge in [-0.15, -0.1) is 0 Å². The maximum absolute atomic E-state index is 6.11. The van der Waals surface area contributed by atoms with Crippen LogP contribution in [-0.2, 0) is 11.3 Å². The fraction of sp³-hybridized carbons (Fsp3) is 0.700. The second-order valence-electron chi connectivity index (χ2n) is 7.24. The Hall–Kier alpha value is -1.26. The van der Waals surface area contributed by atoms with Crippen LogP contribution < -0.4 is 14.8 Å². The van der Waals surface area contributed by atoms with Gasteiger partial charge in [0.2, 0.25) is 0 Å². The molecular weight excluding hydrogens is 302 g/mol. The molecule has 3 rings (SSSR count). The van der Waals surface area contributed by atoms with Crippen molar-refractivity contribution in [2.45, 2.75) is 64.1 Å². The molecule has 4 nitrogen and oxygen atoms in total. The van der Waals surface area contributed by atoms with Crippen molar-refractivity contribution in [1.29, 1.82) is 0 Å². The molecule has 1 heterocycles. The summed E-state index contributed by atoms with van der Waals surface area (Å²) in [6.45, 7) is 4.65. The number of hydrogen-bond donors (Lipinski definition) is 1. The zero-order valence-electron chi connectivity index (χ0n) is 15.1. The van der Waals surface area contributed by atoms with Crippen LogP contribution in [0.2, 0.25) is 0 Å². The average Bonchev–Trinajstić information content (AvgIpc) is 3.12. The molecule has 0 amide bonds. The summed E-state index contributed by atoms with van der Waals surface area (Å²) < 4.78 is 17.3. The first kappa shape index (κ1) is 17.6. The first-order valence-corrected chi connectivity index (χ1v) is 9.40. The molecule has 4 heteroatoms. The number of para-hydroxylation sites is 1. The standard InChI is InChI=1S/C20H31NO3/c1-15-6-3-8-17(12-15)21-13-16-7-4-10-19(22-2)20(16)24-14-18-9-5-11-23-18/h4,7,10,15,17-18,21H,3,5-6,8-9,11-14H2,1-2H3. The van der Waals surface area contributed by atoms with Gasteiger partial charge in [0, 0.05) is 24.8 Å². The summed E-state index contributed by atoms with van der Waals surface area (Å²) in [5.41, 5.74) is 1.17. The third-order valence-electron chi connectivity index (χ3n) is 5.24. The molecule has 0 radical (unpaired) electrons. The number of nitrogens with one attached hydrogen (secondary N) is 1. The van der Waals surface area contributed by atoms with Gasteiger partial charge in [-0.3, -0.25) is 0 Å². The second-order valence-corrected chi connectivity index (χ2v) is 7.24. The van der Waals surface area contributed by atoms with Gasteiger partial charge >= 0.3 is 0 Å². The summed E-state index contributed by atoms with van der Waals surface area (Å²) in [4.78, 5) is 0. The van der Waals surface area contributed by atoms with Gasteiger partial charge < -0.3 is 19.5 Å². The lowest BCUT2D eigenvalue weighted by Crippen LogP contribution is -2.33. The number of methoxy groups -OCH3 is 1. The van der Waals surface area contributed by atoms with Crippen LogP contribution in [0.25, 0.3) is 0 Å². The van der Waals surface area contributed by atoms with Crippen LogP contribution in [0.3, 0.4) is 0 Å². The number of rotatable bonds is 7. The Labute approximate surface area is 145 Å². The Morgan fingerprint density at radius 3 is 2.88 bits per heavy atom. The molecule has 1 aliphatic heterocycles. The average molecular weight is 333 g/mol. The van der Waals surface area contributed by atoms with E-state index in [-0.39, 0.29) is 6.10 Å². The SMILES string of the molecule is COc1cccc(CNC2CCCC(C)C2)c1OCC1CCCO1. The summed E-state index contributed by atoms with van der Waals surface area (Å²) in [5, 5.41) is 3.72. The molecule has 2 fully saturated rings. The lowest BCUT2D eigenvalue weighted by Gasteiger charge is -2.28. The van der Waals surface area contributed by atoms with Crippen molar-refractivity contribution in [2.75, 3.05) is 20.3 Å². The molecule has 1 aromatic rings. The second kappa shape index (κ2) is 8.72. The van der Waals surface area contributed by atoms with Crippen molar-refractivity contribution in [1.82, 2.24) is 5.32 Å². The molecule has 1 aliphatic carbocycles. The number of ether oxygens (including phenoxy) is 3. The first-order valence-electron chi connectivity index (χ1n) is 9.40. The Balaban J connectivity index is 1.62. The van der Waals surface area contributed by atoms with Gasteiger partial charge in [0.1, 0.15) is 6.61 Å². The van der Waals surface area contributed by atoms with E-state index in [9.17, 15) is 0 Å². The van der Waals surface area contributed by atoms with Gasteiger partial charge in [0.15, 0.2) is 11.5 Å². The molecule has 0 spiro atoms. The van der Waals surface area contributed by atoms with E-state index in [1.54, 1.807) is 7.11 Å². The Morgan fingerprint density at radius 2 is 2.12 bits per heavy atom. The fourth-order valence-electron chi connectivity index (χ4n) is 3.85. The van der Waals surface area contributed by atoms with Gasteiger partial charge in [-0.05, 0) is 37.7 Å². The quantitative estimate of drug-likeness (QED) is 0.821. The minimum atomic E-state index is 0.218. The number of benzene rings is 1. The summed E-state index contributed by atoms with van der Waals surface area (Å²) in [5.74, 6) is 2.51. The van der Waals surface area contributed by atoms with Crippen LogP contribution in [0, 0.1) is 5.92 Å². The van der Waals surface area contributed by atoms with E-state index in [2.05, 4.69) is 18.3 Å². The zero-order valence-corrected chi connectivity index (χ0v) is 15.1. The van der Waals surface area contributed by atoms with Crippen molar-refractivity contribution in [3.05, 3.63) is 23.8 Å². The van der Waals surface area contributed by atoms with Crippen molar-refractivity contribution >= 4 is 0 Å². The highest BCUT2D eigenvalue weighted by molar-refractivity contribution is 5.46. The molecule has 1 saturated heterocycles. The van der Waals surface area contributed by atoms with Gasteiger partial charge in [0.05, 0.1) is 13.2 Å². The molecule has 0 aromatic heterocycles. The predicted molar refractivity (Wildman–Crippen MR) is 95.7 cm³/mol. The third-order valence-corrected chi connectivity index (χ3v) is 5.24. The van der Waals surface area contributed by atoms with Gasteiger partial charge in [-0.2, -0.15) is 0 Å². The van der Waals surface area contributed by atoms with Gasteiger partial charge in [-0.1, -0.05) is 31.9 Å². The molecule has 24 heavy (non-hydrogen) atoms. The molecule has 1 saturated carbocycles. The van der Waals surface area contributed by atoms with Crippen molar-refractivity contribution < 1.29 is 14.2 Å². The van der Waals surface area contributed by atoms with Crippen LogP contribution in [0.15, 0.2) is 18.2 Å². The summed E-state index contributed by atoms with van der Waals surface area (Å²) in [6.07, 6.45) is 7.69. The van der Waals surface area contributed by atoms with E-state index >= 15 is 0 Å². The van der Waals surface area contributed by atoms with E-state index in [1.165, 1.54) is 31.2 Å². The highest BCUT2D eigenvalue weighted by Crippen LogP contribution is 2.32. The van der Waals surface area contributed by atoms with Crippen molar-refractivity contribution in [3.63, 3.8) is 0 Å². The smallest absolute Gasteiger partial charge is 0.165 e. The summed E-state index contributed by atoms with van der Waals surface area (Å²) >= 11 is 0. The topological polar surface area (TPSA) is 39.7 Å². The lowest BCUT2D eigenvalue weighted by molar-refractivity contribution is 0.0665. The Morgan fingerprint density at radius 1 is 1.21 bits per heavy atom. The van der Waals surface area contributed by atoms with E-state index in [0.29, 0.717) is 12.6 Å². The van der Waals surface area contributed by atoms with E-state index < -0.39 is 0 Å². The number of hydrogen-bond acceptors (Lipinski definition) is 4. The van der Waals surface area contributed by atoms with Crippen LogP contribution >= 0.6 is 0 Å². The van der Waals surface area contributed by atoms with Crippen molar-refractivity contribution in [3.8, 4) is 11.5 Å².